The number of aromatic nitrogens is 2. The van der Waals surface area contributed by atoms with Gasteiger partial charge in [0.05, 0.1) is 6.54 Å². The van der Waals surface area contributed by atoms with Crippen molar-refractivity contribution in [2.75, 3.05) is 20.1 Å². The molecule has 1 aliphatic heterocycles. The van der Waals surface area contributed by atoms with Crippen molar-refractivity contribution >= 4 is 29.9 Å². The van der Waals surface area contributed by atoms with E-state index in [1.165, 1.54) is 24.0 Å². The van der Waals surface area contributed by atoms with Crippen LogP contribution in [0.3, 0.4) is 0 Å². The second kappa shape index (κ2) is 9.79. The summed E-state index contributed by atoms with van der Waals surface area (Å²) in [5.41, 5.74) is 2.58. The fourth-order valence-corrected chi connectivity index (χ4v) is 3.34. The van der Waals surface area contributed by atoms with Gasteiger partial charge < -0.3 is 10.2 Å². The molecular weight excluding hydrogens is 425 g/mol. The number of nitrogens with zero attached hydrogens (tertiary/aromatic N) is 4. The normalized spacial score (nSPS) is 17.9. The minimum Gasteiger partial charge on any atom is -0.352 e. The Hall–Kier alpha value is -1.57. The van der Waals surface area contributed by atoms with Crippen LogP contribution in [-0.2, 0) is 13.1 Å². The van der Waals surface area contributed by atoms with E-state index in [1.807, 2.05) is 30.2 Å². The van der Waals surface area contributed by atoms with E-state index in [-0.39, 0.29) is 24.0 Å². The van der Waals surface area contributed by atoms with Crippen molar-refractivity contribution in [1.82, 2.24) is 20.0 Å². The third-order valence-corrected chi connectivity index (χ3v) is 4.62. The van der Waals surface area contributed by atoms with Crippen molar-refractivity contribution < 1.29 is 0 Å². The molecule has 1 aromatic carbocycles. The van der Waals surface area contributed by atoms with E-state index in [0.29, 0.717) is 0 Å². The second-order valence-electron chi connectivity index (χ2n) is 6.57. The lowest BCUT2D eigenvalue weighted by molar-refractivity contribution is 0.266. The van der Waals surface area contributed by atoms with Gasteiger partial charge in [-0.15, -0.1) is 24.0 Å². The van der Waals surface area contributed by atoms with Crippen molar-refractivity contribution in [2.45, 2.75) is 32.9 Å². The molecule has 1 unspecified atom stereocenters. The van der Waals surface area contributed by atoms with Gasteiger partial charge in [0.2, 0.25) is 0 Å². The van der Waals surface area contributed by atoms with E-state index in [2.05, 4.69) is 51.5 Å². The Bertz CT molecular complexity index is 668. The molecule has 136 valence electrons. The zero-order valence-electron chi connectivity index (χ0n) is 15.1. The number of benzene rings is 1. The summed E-state index contributed by atoms with van der Waals surface area (Å²) in [6.45, 7) is 6.09. The predicted molar refractivity (Wildman–Crippen MR) is 113 cm³/mol. The molecule has 6 heteroatoms. The molecule has 0 bridgehead atoms. The highest BCUT2D eigenvalue weighted by atomic mass is 127. The molecule has 0 aliphatic carbocycles. The maximum Gasteiger partial charge on any atom is 0.193 e. The van der Waals surface area contributed by atoms with E-state index in [4.69, 9.17) is 0 Å². The van der Waals surface area contributed by atoms with Gasteiger partial charge in [0.15, 0.2) is 5.96 Å². The quantitative estimate of drug-likeness (QED) is 0.439. The second-order valence-corrected chi connectivity index (χ2v) is 6.57. The summed E-state index contributed by atoms with van der Waals surface area (Å²) in [4.78, 5) is 6.86. The van der Waals surface area contributed by atoms with Crippen molar-refractivity contribution in [3.63, 3.8) is 0 Å². The summed E-state index contributed by atoms with van der Waals surface area (Å²) in [6, 6.07) is 10.5. The SMILES string of the molecule is CN=C(NCc1ccccc1Cn1cccn1)N1CCCC(C)C1.I. The number of halogens is 1. The average Bonchev–Trinajstić information content (AvgIpc) is 3.10. The first kappa shape index (κ1) is 19.8. The number of hydrogen-bond acceptors (Lipinski definition) is 2. The van der Waals surface area contributed by atoms with Crippen molar-refractivity contribution in [3.8, 4) is 0 Å². The van der Waals surface area contributed by atoms with E-state index < -0.39 is 0 Å². The highest BCUT2D eigenvalue weighted by Crippen LogP contribution is 2.16. The Morgan fingerprint density at radius 3 is 2.76 bits per heavy atom. The molecule has 1 atom stereocenters. The summed E-state index contributed by atoms with van der Waals surface area (Å²) in [5, 5.41) is 7.85. The van der Waals surface area contributed by atoms with Crippen LogP contribution in [0.15, 0.2) is 47.7 Å². The van der Waals surface area contributed by atoms with E-state index in [9.17, 15) is 0 Å². The van der Waals surface area contributed by atoms with Crippen LogP contribution in [-0.4, -0.2) is 40.8 Å². The van der Waals surface area contributed by atoms with Gasteiger partial charge in [0.1, 0.15) is 0 Å². The Balaban J connectivity index is 0.00000225. The van der Waals surface area contributed by atoms with Gasteiger partial charge in [-0.25, -0.2) is 0 Å². The molecule has 2 heterocycles. The maximum atomic E-state index is 4.48. The molecule has 1 saturated heterocycles. The van der Waals surface area contributed by atoms with Crippen LogP contribution in [0.1, 0.15) is 30.9 Å². The summed E-state index contributed by atoms with van der Waals surface area (Å²) in [5.74, 6) is 1.75. The highest BCUT2D eigenvalue weighted by molar-refractivity contribution is 14.0. The Labute approximate surface area is 167 Å². The van der Waals surface area contributed by atoms with Gasteiger partial charge in [-0.3, -0.25) is 9.67 Å². The number of aliphatic imine (C=N–C) groups is 1. The minimum absolute atomic E-state index is 0. The van der Waals surface area contributed by atoms with Gasteiger partial charge >= 0.3 is 0 Å². The lowest BCUT2D eigenvalue weighted by Crippen LogP contribution is -2.46. The number of guanidine groups is 1. The van der Waals surface area contributed by atoms with Crippen LogP contribution < -0.4 is 5.32 Å². The van der Waals surface area contributed by atoms with Crippen molar-refractivity contribution in [3.05, 3.63) is 53.9 Å². The van der Waals surface area contributed by atoms with Crippen LogP contribution in [0.4, 0.5) is 0 Å². The van der Waals surface area contributed by atoms with Gasteiger partial charge in [0, 0.05) is 39.1 Å². The number of hydrogen-bond donors (Lipinski definition) is 1. The Morgan fingerprint density at radius 1 is 1.28 bits per heavy atom. The fourth-order valence-electron chi connectivity index (χ4n) is 3.34. The molecule has 0 radical (unpaired) electrons. The van der Waals surface area contributed by atoms with Gasteiger partial charge in [-0.1, -0.05) is 31.2 Å². The fraction of sp³-hybridized carbons (Fsp3) is 0.474. The van der Waals surface area contributed by atoms with Gasteiger partial charge in [0.25, 0.3) is 0 Å². The molecule has 0 amide bonds. The number of likely N-dealkylation sites (tertiary alicyclic amines) is 1. The summed E-state index contributed by atoms with van der Waals surface area (Å²) >= 11 is 0. The zero-order chi connectivity index (χ0) is 16.8. The average molecular weight is 453 g/mol. The number of nitrogens with one attached hydrogen (secondary N) is 1. The molecule has 5 nitrogen and oxygen atoms in total. The lowest BCUT2D eigenvalue weighted by Gasteiger charge is -2.33. The molecule has 1 fully saturated rings. The molecule has 0 spiro atoms. The first-order chi connectivity index (χ1) is 11.8. The highest BCUT2D eigenvalue weighted by Gasteiger charge is 2.19. The monoisotopic (exact) mass is 453 g/mol. The topological polar surface area (TPSA) is 45.5 Å². The number of piperidine rings is 1. The smallest absolute Gasteiger partial charge is 0.193 e. The molecule has 1 aromatic heterocycles. The Morgan fingerprint density at radius 2 is 2.08 bits per heavy atom. The summed E-state index contributed by atoms with van der Waals surface area (Å²) in [6.07, 6.45) is 6.39. The lowest BCUT2D eigenvalue weighted by atomic mass is 10.0. The van der Waals surface area contributed by atoms with Crippen molar-refractivity contribution in [2.24, 2.45) is 10.9 Å². The first-order valence-electron chi connectivity index (χ1n) is 8.76. The van der Waals surface area contributed by atoms with Crippen LogP contribution >= 0.6 is 24.0 Å². The molecule has 0 saturated carbocycles. The minimum atomic E-state index is 0. The van der Waals surface area contributed by atoms with Crippen molar-refractivity contribution in [1.29, 1.82) is 0 Å². The van der Waals surface area contributed by atoms with E-state index in [1.54, 1.807) is 0 Å². The maximum absolute atomic E-state index is 4.48. The largest absolute Gasteiger partial charge is 0.352 e. The van der Waals surface area contributed by atoms with Gasteiger partial charge in [-0.2, -0.15) is 5.10 Å². The van der Waals surface area contributed by atoms with Crippen LogP contribution in [0, 0.1) is 5.92 Å². The summed E-state index contributed by atoms with van der Waals surface area (Å²) < 4.78 is 1.96. The first-order valence-corrected chi connectivity index (χ1v) is 8.76. The van der Waals surface area contributed by atoms with Crippen LogP contribution in [0.2, 0.25) is 0 Å². The van der Waals surface area contributed by atoms with Crippen LogP contribution in [0.5, 0.6) is 0 Å². The van der Waals surface area contributed by atoms with Gasteiger partial charge in [-0.05, 0) is 36.0 Å². The molecule has 3 rings (SSSR count). The summed E-state index contributed by atoms with van der Waals surface area (Å²) in [7, 11) is 1.87. The zero-order valence-corrected chi connectivity index (χ0v) is 17.4. The third kappa shape index (κ3) is 5.45. The van der Waals surface area contributed by atoms with E-state index >= 15 is 0 Å². The predicted octanol–water partition coefficient (Wildman–Crippen LogP) is 3.36. The molecule has 25 heavy (non-hydrogen) atoms. The molecule has 2 aromatic rings. The molecule has 1 aliphatic rings. The number of rotatable bonds is 4. The van der Waals surface area contributed by atoms with Crippen LogP contribution in [0.25, 0.3) is 0 Å². The Kier molecular flexibility index (Phi) is 7.74. The van der Waals surface area contributed by atoms with E-state index in [0.717, 1.165) is 38.1 Å². The molecular formula is C19H28IN5. The third-order valence-electron chi connectivity index (χ3n) is 4.62. The standard InChI is InChI=1S/C19H27N5.HI/c1-16-7-5-11-23(14-16)19(20-2)21-13-17-8-3-4-9-18(17)15-24-12-6-10-22-24;/h3-4,6,8-10,12,16H,5,7,11,13-15H2,1-2H3,(H,20,21);1H. The molecule has 1 N–H and O–H groups in total.